The summed E-state index contributed by atoms with van der Waals surface area (Å²) < 4.78 is 44.9. The number of hydrogen-bond donors (Lipinski definition) is 0. The van der Waals surface area contributed by atoms with Gasteiger partial charge in [-0.05, 0) is 18.2 Å². The van der Waals surface area contributed by atoms with Gasteiger partial charge in [0.1, 0.15) is 11.3 Å². The van der Waals surface area contributed by atoms with Gasteiger partial charge in [0.05, 0.1) is 23.2 Å². The van der Waals surface area contributed by atoms with Crippen LogP contribution in [0.1, 0.15) is 0 Å². The van der Waals surface area contributed by atoms with E-state index in [-0.39, 0.29) is 10.5 Å². The molecule has 2 heterocycles. The first kappa shape index (κ1) is 16.7. The van der Waals surface area contributed by atoms with Crippen LogP contribution in [0.5, 0.6) is 5.88 Å². The summed E-state index contributed by atoms with van der Waals surface area (Å²) in [6, 6.07) is 3.68. The van der Waals surface area contributed by atoms with Crippen LogP contribution in [0.4, 0.5) is 4.39 Å². The molecule has 0 amide bonds. The highest BCUT2D eigenvalue weighted by molar-refractivity contribution is 7.90. The van der Waals surface area contributed by atoms with E-state index in [0.717, 1.165) is 12.3 Å². The van der Waals surface area contributed by atoms with Crippen molar-refractivity contribution < 1.29 is 17.5 Å². The number of methoxy groups -OCH3 is 1. The van der Waals surface area contributed by atoms with Crippen molar-refractivity contribution in [3.05, 3.63) is 41.4 Å². The smallest absolute Gasteiger partial charge is 0.238 e. The van der Waals surface area contributed by atoms with Crippen molar-refractivity contribution in [3.63, 3.8) is 0 Å². The first-order valence-corrected chi connectivity index (χ1v) is 9.18. The second-order valence-electron chi connectivity index (χ2n) is 5.41. The minimum atomic E-state index is -3.46. The molecule has 8 heteroatoms. The van der Waals surface area contributed by atoms with Crippen LogP contribution < -0.4 is 4.74 Å². The number of halogens is 2. The van der Waals surface area contributed by atoms with Crippen molar-refractivity contribution in [2.45, 2.75) is 4.90 Å². The second-order valence-corrected chi connectivity index (χ2v) is 7.83. The van der Waals surface area contributed by atoms with Crippen molar-refractivity contribution in [3.8, 4) is 17.0 Å². The van der Waals surface area contributed by atoms with Gasteiger partial charge in [-0.25, -0.2) is 17.8 Å². The SMILES string of the molecule is COc1ncc(Cl)c2c(-c3cc(S(C)(=O)=O)ccc3F)cn(C)c12. The maximum Gasteiger partial charge on any atom is 0.238 e. The number of sulfone groups is 1. The minimum absolute atomic E-state index is 0.0352. The van der Waals surface area contributed by atoms with Crippen molar-refractivity contribution in [2.24, 2.45) is 7.05 Å². The third-order valence-electron chi connectivity index (χ3n) is 3.77. The molecule has 0 radical (unpaired) electrons. The molecule has 0 unspecified atom stereocenters. The number of pyridine rings is 1. The Morgan fingerprint density at radius 3 is 2.62 bits per heavy atom. The summed E-state index contributed by atoms with van der Waals surface area (Å²) in [5, 5.41) is 0.876. The Morgan fingerprint density at radius 1 is 1.29 bits per heavy atom. The molecule has 24 heavy (non-hydrogen) atoms. The Hall–Kier alpha value is -2.12. The maximum atomic E-state index is 14.4. The fourth-order valence-electron chi connectivity index (χ4n) is 2.66. The number of fused-ring (bicyclic) bond motifs is 1. The molecule has 0 atom stereocenters. The predicted octanol–water partition coefficient (Wildman–Crippen LogP) is 3.44. The lowest BCUT2D eigenvalue weighted by Gasteiger charge is -2.07. The molecular weight excluding hydrogens is 355 g/mol. The molecule has 0 saturated carbocycles. The number of rotatable bonds is 3. The van der Waals surface area contributed by atoms with Crippen LogP contribution >= 0.6 is 11.6 Å². The first-order valence-electron chi connectivity index (χ1n) is 6.91. The molecule has 5 nitrogen and oxygen atoms in total. The van der Waals surface area contributed by atoms with Gasteiger partial charge in [0.2, 0.25) is 5.88 Å². The van der Waals surface area contributed by atoms with Gasteiger partial charge in [0.15, 0.2) is 9.84 Å². The van der Waals surface area contributed by atoms with Gasteiger partial charge < -0.3 is 9.30 Å². The molecule has 0 saturated heterocycles. The first-order chi connectivity index (χ1) is 11.2. The van der Waals surface area contributed by atoms with E-state index in [4.69, 9.17) is 16.3 Å². The van der Waals surface area contributed by atoms with E-state index in [1.807, 2.05) is 0 Å². The van der Waals surface area contributed by atoms with Gasteiger partial charge in [0, 0.05) is 36.0 Å². The van der Waals surface area contributed by atoms with Crippen molar-refractivity contribution in [1.82, 2.24) is 9.55 Å². The molecule has 0 aliphatic carbocycles. The molecule has 2 aromatic heterocycles. The highest BCUT2D eigenvalue weighted by Crippen LogP contribution is 2.39. The van der Waals surface area contributed by atoms with Gasteiger partial charge in [-0.15, -0.1) is 0 Å². The monoisotopic (exact) mass is 368 g/mol. The topological polar surface area (TPSA) is 61.2 Å². The summed E-state index contributed by atoms with van der Waals surface area (Å²) in [6.07, 6.45) is 4.17. The number of nitrogens with zero attached hydrogens (tertiary/aromatic N) is 2. The van der Waals surface area contributed by atoms with Crippen LogP contribution in [-0.4, -0.2) is 31.3 Å². The number of aromatic nitrogens is 2. The second kappa shape index (κ2) is 5.75. The van der Waals surface area contributed by atoms with Crippen LogP contribution in [0.3, 0.4) is 0 Å². The summed E-state index contributed by atoms with van der Waals surface area (Å²) in [4.78, 5) is 4.14. The molecular formula is C16H14ClFN2O3S. The lowest BCUT2D eigenvalue weighted by atomic mass is 10.0. The molecule has 126 valence electrons. The standard InChI is InChI=1S/C16H14ClFN2O3S/c1-20-8-11(14-12(17)7-19-16(23-2)15(14)20)10-6-9(24(3,21)22)4-5-13(10)18/h4-8H,1-3H3. The molecule has 0 aliphatic heterocycles. The molecule has 1 aromatic carbocycles. The fourth-order valence-corrected chi connectivity index (χ4v) is 3.55. The van der Waals surface area contributed by atoms with Crippen LogP contribution in [0.15, 0.2) is 35.5 Å². The van der Waals surface area contributed by atoms with E-state index in [1.165, 1.54) is 25.4 Å². The van der Waals surface area contributed by atoms with E-state index < -0.39 is 15.7 Å². The molecule has 3 rings (SSSR count). The van der Waals surface area contributed by atoms with Gasteiger partial charge in [0.25, 0.3) is 0 Å². The summed E-state index contributed by atoms with van der Waals surface area (Å²) in [7, 11) is -0.229. The zero-order chi connectivity index (χ0) is 17.6. The Kier molecular flexibility index (Phi) is 4.01. The fraction of sp³-hybridized carbons (Fsp3) is 0.188. The van der Waals surface area contributed by atoms with E-state index in [2.05, 4.69) is 4.98 Å². The molecule has 3 aromatic rings. The van der Waals surface area contributed by atoms with Crippen LogP contribution in [0.2, 0.25) is 5.02 Å². The Morgan fingerprint density at radius 2 is 2.00 bits per heavy atom. The van der Waals surface area contributed by atoms with Gasteiger partial charge in [-0.1, -0.05) is 11.6 Å². The molecule has 0 N–H and O–H groups in total. The summed E-state index contributed by atoms with van der Waals surface area (Å²) in [5.74, 6) is -0.190. The van der Waals surface area contributed by atoms with E-state index in [9.17, 15) is 12.8 Å². The average molecular weight is 369 g/mol. The minimum Gasteiger partial charge on any atom is -0.479 e. The third kappa shape index (κ3) is 2.63. The lowest BCUT2D eigenvalue weighted by Crippen LogP contribution is -1.98. The third-order valence-corrected chi connectivity index (χ3v) is 5.16. The largest absolute Gasteiger partial charge is 0.479 e. The normalized spacial score (nSPS) is 11.9. The lowest BCUT2D eigenvalue weighted by molar-refractivity contribution is 0.401. The number of aryl methyl sites for hydroxylation is 1. The molecule has 0 fully saturated rings. The average Bonchev–Trinajstić information content (AvgIpc) is 2.86. The summed E-state index contributed by atoms with van der Waals surface area (Å²) in [5.41, 5.74) is 1.23. The molecule has 0 aliphatic rings. The maximum absolute atomic E-state index is 14.4. The summed E-state index contributed by atoms with van der Waals surface area (Å²) in [6.45, 7) is 0. The summed E-state index contributed by atoms with van der Waals surface area (Å²) >= 11 is 6.26. The Balaban J connectivity index is 2.40. The van der Waals surface area contributed by atoms with Crippen molar-refractivity contribution >= 4 is 32.3 Å². The van der Waals surface area contributed by atoms with Gasteiger partial charge >= 0.3 is 0 Å². The quantitative estimate of drug-likeness (QED) is 0.664. The molecule has 0 bridgehead atoms. The van der Waals surface area contributed by atoms with Crippen LogP contribution in [0.25, 0.3) is 22.0 Å². The number of ether oxygens (including phenoxy) is 1. The molecule has 0 spiro atoms. The van der Waals surface area contributed by atoms with Crippen molar-refractivity contribution in [1.29, 1.82) is 0 Å². The zero-order valence-corrected chi connectivity index (χ0v) is 14.7. The van der Waals surface area contributed by atoms with E-state index >= 15 is 0 Å². The van der Waals surface area contributed by atoms with Gasteiger partial charge in [-0.3, -0.25) is 0 Å². The van der Waals surface area contributed by atoms with E-state index in [1.54, 1.807) is 17.8 Å². The number of hydrogen-bond acceptors (Lipinski definition) is 4. The number of benzene rings is 1. The van der Waals surface area contributed by atoms with E-state index in [0.29, 0.717) is 27.4 Å². The van der Waals surface area contributed by atoms with Crippen molar-refractivity contribution in [2.75, 3.05) is 13.4 Å². The highest BCUT2D eigenvalue weighted by atomic mass is 35.5. The zero-order valence-electron chi connectivity index (χ0n) is 13.2. The van der Waals surface area contributed by atoms with Gasteiger partial charge in [-0.2, -0.15) is 0 Å². The predicted molar refractivity (Wildman–Crippen MR) is 90.8 cm³/mol. The van der Waals surface area contributed by atoms with Crippen LogP contribution in [0, 0.1) is 5.82 Å². The Labute approximate surface area is 143 Å². The highest BCUT2D eigenvalue weighted by Gasteiger charge is 2.20. The van der Waals surface area contributed by atoms with Crippen LogP contribution in [-0.2, 0) is 16.9 Å². The Bertz CT molecular complexity index is 1060.